The molecule has 1 N–H and O–H groups in total. The lowest BCUT2D eigenvalue weighted by molar-refractivity contribution is 0.0452. The van der Waals surface area contributed by atoms with Crippen molar-refractivity contribution in [2.24, 2.45) is 5.92 Å². The van der Waals surface area contributed by atoms with Crippen LogP contribution in [0.25, 0.3) is 27.9 Å². The van der Waals surface area contributed by atoms with Gasteiger partial charge in [0, 0.05) is 56.0 Å². The zero-order valence-electron chi connectivity index (χ0n) is 25.7. The van der Waals surface area contributed by atoms with Crippen LogP contribution in [0.1, 0.15) is 62.5 Å². The minimum Gasteiger partial charge on any atom is -0.497 e. The van der Waals surface area contributed by atoms with Crippen molar-refractivity contribution in [3.63, 3.8) is 0 Å². The highest BCUT2D eigenvalue weighted by Gasteiger charge is 2.29. The van der Waals surface area contributed by atoms with E-state index in [1.165, 1.54) is 12.8 Å². The number of nitrogens with zero attached hydrogens (tertiary/aromatic N) is 4. The molecule has 1 aliphatic carbocycles. The number of ether oxygens (including phenoxy) is 3. The Morgan fingerprint density at radius 2 is 1.88 bits per heavy atom. The van der Waals surface area contributed by atoms with Crippen LogP contribution in [-0.2, 0) is 22.6 Å². The van der Waals surface area contributed by atoms with E-state index in [1.54, 1.807) is 19.1 Å². The number of alkyl carbamates (subject to hydrolysis) is 1. The molecule has 4 heterocycles. The number of benzene rings is 1. The predicted molar refractivity (Wildman–Crippen MR) is 164 cm³/mol. The molecule has 10 heteroatoms. The van der Waals surface area contributed by atoms with Gasteiger partial charge in [-0.25, -0.2) is 9.78 Å². The van der Waals surface area contributed by atoms with E-state index < -0.39 is 11.7 Å². The lowest BCUT2D eigenvalue weighted by atomic mass is 10.0. The molecular weight excluding hydrogens is 546 g/mol. The lowest BCUT2D eigenvalue weighted by Gasteiger charge is -2.33. The largest absolute Gasteiger partial charge is 0.497 e. The second-order valence-corrected chi connectivity index (χ2v) is 12.7. The molecular formula is C33H41N5O5. The highest BCUT2D eigenvalue weighted by molar-refractivity contribution is 5.95. The van der Waals surface area contributed by atoms with Gasteiger partial charge < -0.3 is 33.4 Å². The summed E-state index contributed by atoms with van der Waals surface area (Å²) < 4.78 is 21.0. The third-order valence-electron chi connectivity index (χ3n) is 8.17. The Morgan fingerprint density at radius 3 is 2.60 bits per heavy atom. The molecule has 3 aromatic heterocycles. The molecule has 4 aromatic rings. The predicted octanol–water partition coefficient (Wildman–Crippen LogP) is 5.65. The molecule has 43 heavy (non-hydrogen) atoms. The van der Waals surface area contributed by atoms with Crippen molar-refractivity contribution in [1.29, 1.82) is 0 Å². The first-order valence-electron chi connectivity index (χ1n) is 15.1. The van der Waals surface area contributed by atoms with Gasteiger partial charge in [0.25, 0.3) is 5.91 Å². The zero-order valence-corrected chi connectivity index (χ0v) is 25.7. The van der Waals surface area contributed by atoms with Gasteiger partial charge in [0.1, 0.15) is 22.7 Å². The molecule has 0 unspecified atom stereocenters. The number of fused-ring (bicyclic) bond motifs is 2. The van der Waals surface area contributed by atoms with Crippen LogP contribution in [0.15, 0.2) is 42.6 Å². The molecule has 1 saturated heterocycles. The maximum absolute atomic E-state index is 13.7. The number of aromatic nitrogens is 3. The number of methoxy groups -OCH3 is 2. The minimum atomic E-state index is -0.576. The van der Waals surface area contributed by atoms with Crippen LogP contribution >= 0.6 is 0 Å². The number of hydrogen-bond acceptors (Lipinski definition) is 6. The van der Waals surface area contributed by atoms with Crippen molar-refractivity contribution in [2.75, 3.05) is 27.3 Å². The Kier molecular flexibility index (Phi) is 7.81. The fourth-order valence-electron chi connectivity index (χ4n) is 5.96. The number of pyridine rings is 1. The highest BCUT2D eigenvalue weighted by Crippen LogP contribution is 2.38. The van der Waals surface area contributed by atoms with E-state index in [0.29, 0.717) is 36.8 Å². The summed E-state index contributed by atoms with van der Waals surface area (Å²) in [5.41, 5.74) is 4.62. The average molecular weight is 588 g/mol. The standard InChI is InChI=1S/C33H41N5O5/c1-33(2,3)43-32(40)34-24-7-6-13-36(19-24)31(39)23-12-14-37-28(20-41-4)30(35-29(37)16-23)27-15-22-10-11-25(42-5)17-26(22)38(27)18-21-8-9-21/h10-12,14-17,21,24H,6-9,13,18-20H2,1-5H3,(H,34,40)/t24-/m1/s1. The molecule has 228 valence electrons. The molecule has 0 radical (unpaired) electrons. The summed E-state index contributed by atoms with van der Waals surface area (Å²) in [7, 11) is 3.37. The third kappa shape index (κ3) is 6.20. The number of imidazole rings is 1. The molecule has 10 nitrogen and oxygen atoms in total. The molecule has 2 fully saturated rings. The first-order chi connectivity index (χ1) is 20.6. The number of carbonyl (C=O) groups is 2. The highest BCUT2D eigenvalue weighted by atomic mass is 16.6. The fraction of sp³-hybridized carbons (Fsp3) is 0.485. The molecule has 1 aromatic carbocycles. The van der Waals surface area contributed by atoms with Gasteiger partial charge in [0.2, 0.25) is 0 Å². The summed E-state index contributed by atoms with van der Waals surface area (Å²) in [4.78, 5) is 32.9. The average Bonchev–Trinajstić information content (AvgIpc) is 3.63. The Labute approximate surface area is 251 Å². The summed E-state index contributed by atoms with van der Waals surface area (Å²) in [6, 6.07) is 11.9. The zero-order chi connectivity index (χ0) is 30.3. The molecule has 2 amide bonds. The first kappa shape index (κ1) is 29.0. The summed E-state index contributed by atoms with van der Waals surface area (Å²) in [5.74, 6) is 1.41. The third-order valence-corrected chi connectivity index (χ3v) is 8.17. The number of amides is 2. The van der Waals surface area contributed by atoms with Gasteiger partial charge in [0.05, 0.1) is 30.6 Å². The number of rotatable bonds is 8. The molecule has 2 aliphatic rings. The second kappa shape index (κ2) is 11.6. The smallest absolute Gasteiger partial charge is 0.407 e. The lowest BCUT2D eigenvalue weighted by Crippen LogP contribution is -2.50. The molecule has 0 bridgehead atoms. The number of likely N-dealkylation sites (tertiary alicyclic amines) is 1. The van der Waals surface area contributed by atoms with E-state index >= 15 is 0 Å². The number of piperidine rings is 1. The fourth-order valence-corrected chi connectivity index (χ4v) is 5.96. The Bertz CT molecular complexity index is 1660. The van der Waals surface area contributed by atoms with Crippen LogP contribution in [0, 0.1) is 5.92 Å². The number of hydrogen-bond donors (Lipinski definition) is 1. The Balaban J connectivity index is 1.31. The monoisotopic (exact) mass is 587 g/mol. The van der Waals surface area contributed by atoms with E-state index in [2.05, 4.69) is 28.1 Å². The maximum atomic E-state index is 13.7. The summed E-state index contributed by atoms with van der Waals surface area (Å²) >= 11 is 0. The summed E-state index contributed by atoms with van der Waals surface area (Å²) in [6.45, 7) is 7.87. The summed E-state index contributed by atoms with van der Waals surface area (Å²) in [5, 5.41) is 4.06. The normalized spacial score (nSPS) is 17.4. The minimum absolute atomic E-state index is 0.0778. The second-order valence-electron chi connectivity index (χ2n) is 12.7. The van der Waals surface area contributed by atoms with Crippen LogP contribution in [0.5, 0.6) is 5.75 Å². The summed E-state index contributed by atoms with van der Waals surface area (Å²) in [6.07, 6.45) is 5.51. The Hall–Kier alpha value is -4.05. The molecule has 0 spiro atoms. The van der Waals surface area contributed by atoms with E-state index in [0.717, 1.165) is 53.1 Å². The van der Waals surface area contributed by atoms with Crippen molar-refractivity contribution in [3.8, 4) is 17.1 Å². The van der Waals surface area contributed by atoms with Gasteiger partial charge in [-0.1, -0.05) is 0 Å². The van der Waals surface area contributed by atoms with Gasteiger partial charge in [-0.05, 0) is 82.7 Å². The van der Waals surface area contributed by atoms with Crippen molar-refractivity contribution in [2.45, 2.75) is 71.2 Å². The van der Waals surface area contributed by atoms with Crippen LogP contribution in [-0.4, -0.2) is 69.8 Å². The quantitative estimate of drug-likeness (QED) is 0.286. The van der Waals surface area contributed by atoms with Crippen LogP contribution < -0.4 is 10.1 Å². The van der Waals surface area contributed by atoms with Gasteiger partial charge in [0.15, 0.2) is 0 Å². The van der Waals surface area contributed by atoms with Crippen LogP contribution in [0.4, 0.5) is 4.79 Å². The van der Waals surface area contributed by atoms with Crippen LogP contribution in [0.2, 0.25) is 0 Å². The topological polar surface area (TPSA) is 99.3 Å². The molecule has 1 aliphatic heterocycles. The molecule has 1 saturated carbocycles. The van der Waals surface area contributed by atoms with Crippen molar-refractivity contribution < 1.29 is 23.8 Å². The van der Waals surface area contributed by atoms with Crippen molar-refractivity contribution >= 4 is 28.6 Å². The van der Waals surface area contributed by atoms with Gasteiger partial charge in [-0.2, -0.15) is 0 Å². The van der Waals surface area contributed by atoms with E-state index in [-0.39, 0.29) is 11.9 Å². The van der Waals surface area contributed by atoms with E-state index in [1.807, 2.05) is 49.6 Å². The Morgan fingerprint density at radius 1 is 1.07 bits per heavy atom. The van der Waals surface area contributed by atoms with E-state index in [4.69, 9.17) is 19.2 Å². The van der Waals surface area contributed by atoms with Gasteiger partial charge >= 0.3 is 6.09 Å². The van der Waals surface area contributed by atoms with Crippen LogP contribution in [0.3, 0.4) is 0 Å². The maximum Gasteiger partial charge on any atom is 0.407 e. The van der Waals surface area contributed by atoms with Crippen molar-refractivity contribution in [1.82, 2.24) is 24.2 Å². The SMILES string of the molecule is COCc1c(-c2cc3ccc(OC)cc3n2CC2CC2)nc2cc(C(=O)N3CCC[C@@H](NC(=O)OC(C)(C)C)C3)ccn12. The number of carbonyl (C=O) groups excluding carboxylic acids is 2. The van der Waals surface area contributed by atoms with Crippen molar-refractivity contribution in [3.05, 3.63) is 53.9 Å². The molecule has 1 atom stereocenters. The van der Waals surface area contributed by atoms with Gasteiger partial charge in [-0.3, -0.25) is 4.79 Å². The van der Waals surface area contributed by atoms with Gasteiger partial charge in [-0.15, -0.1) is 0 Å². The number of nitrogens with one attached hydrogen (secondary N) is 1. The van der Waals surface area contributed by atoms with E-state index in [9.17, 15) is 9.59 Å². The molecule has 6 rings (SSSR count). The first-order valence-corrected chi connectivity index (χ1v) is 15.1.